The predicted octanol–water partition coefficient (Wildman–Crippen LogP) is -0.997. The van der Waals surface area contributed by atoms with Crippen molar-refractivity contribution in [2.45, 2.75) is 6.92 Å². The summed E-state index contributed by atoms with van der Waals surface area (Å²) in [5, 5.41) is 17.1. The molecule has 0 aliphatic rings. The van der Waals surface area contributed by atoms with Crippen molar-refractivity contribution in [1.82, 2.24) is 4.98 Å². The van der Waals surface area contributed by atoms with Gasteiger partial charge < -0.3 is 15.0 Å². The largest absolute Gasteiger partial charge is 0.489 e. The zero-order valence-electron chi connectivity index (χ0n) is 5.13. The highest BCUT2D eigenvalue weighted by molar-refractivity contribution is 6.58. The van der Waals surface area contributed by atoms with Gasteiger partial charge in [-0.3, -0.25) is 0 Å². The van der Waals surface area contributed by atoms with Crippen LogP contribution in [0, 0.1) is 6.92 Å². The van der Waals surface area contributed by atoms with Crippen LogP contribution in [-0.2, 0) is 0 Å². The van der Waals surface area contributed by atoms with E-state index in [9.17, 15) is 0 Å². The summed E-state index contributed by atoms with van der Waals surface area (Å²) >= 11 is 0. The van der Waals surface area contributed by atoms with E-state index in [4.69, 9.17) is 10.0 Å². The summed E-state index contributed by atoms with van der Waals surface area (Å²) in [7, 11) is -1.35. The molecule has 48 valence electrons. The Bertz CT molecular complexity index is 197. The molecule has 1 rings (SSSR count). The van der Waals surface area contributed by atoms with Gasteiger partial charge in [-0.25, -0.2) is 0 Å². The van der Waals surface area contributed by atoms with Crippen LogP contribution in [-0.4, -0.2) is 22.2 Å². The molecule has 0 saturated heterocycles. The topological polar surface area (TPSA) is 56.2 Å². The molecule has 0 radical (unpaired) electrons. The molecule has 0 spiro atoms. The van der Waals surface area contributed by atoms with E-state index in [1.54, 1.807) is 12.3 Å². The van der Waals surface area contributed by atoms with E-state index in [0.29, 0.717) is 5.46 Å². The Morgan fingerprint density at radius 3 is 2.44 bits per heavy atom. The van der Waals surface area contributed by atoms with E-state index >= 15 is 0 Å². The van der Waals surface area contributed by atoms with Crippen molar-refractivity contribution in [2.75, 3.05) is 0 Å². The van der Waals surface area contributed by atoms with Crippen LogP contribution in [0.15, 0.2) is 12.3 Å². The lowest BCUT2D eigenvalue weighted by Gasteiger charge is -1.87. The molecule has 0 unspecified atom stereocenters. The molecule has 4 heteroatoms. The molecule has 0 atom stereocenters. The highest BCUT2D eigenvalue weighted by Crippen LogP contribution is 1.87. The first-order chi connectivity index (χ1) is 4.20. The molecule has 1 aromatic heterocycles. The summed E-state index contributed by atoms with van der Waals surface area (Å²) < 4.78 is 0. The van der Waals surface area contributed by atoms with E-state index in [2.05, 4.69) is 4.98 Å². The summed E-state index contributed by atoms with van der Waals surface area (Å²) in [6.45, 7) is 1.85. The maximum absolute atomic E-state index is 8.57. The van der Waals surface area contributed by atoms with Gasteiger partial charge in [-0.1, -0.05) is 0 Å². The van der Waals surface area contributed by atoms with Crippen LogP contribution in [0.4, 0.5) is 0 Å². The summed E-state index contributed by atoms with van der Waals surface area (Å²) in [6, 6.07) is 1.69. The van der Waals surface area contributed by atoms with Gasteiger partial charge in [-0.05, 0) is 18.5 Å². The van der Waals surface area contributed by atoms with Gasteiger partial charge in [0.25, 0.3) is 0 Å². The quantitative estimate of drug-likeness (QED) is 0.421. The lowest BCUT2D eigenvalue weighted by Crippen LogP contribution is -2.28. The predicted molar refractivity (Wildman–Crippen MR) is 35.4 cm³/mol. The Kier molecular flexibility index (Phi) is 1.59. The molecule has 0 saturated carbocycles. The van der Waals surface area contributed by atoms with Gasteiger partial charge in [0.2, 0.25) is 0 Å². The fraction of sp³-hybridized carbons (Fsp3) is 0.200. The fourth-order valence-corrected chi connectivity index (χ4v) is 0.680. The van der Waals surface area contributed by atoms with Crippen LogP contribution in [0.5, 0.6) is 0 Å². The number of H-pyrrole nitrogens is 1. The summed E-state index contributed by atoms with van der Waals surface area (Å²) in [5.74, 6) is 0. The second kappa shape index (κ2) is 2.25. The van der Waals surface area contributed by atoms with Crippen LogP contribution >= 0.6 is 0 Å². The van der Waals surface area contributed by atoms with Crippen molar-refractivity contribution in [2.24, 2.45) is 0 Å². The first kappa shape index (κ1) is 6.39. The number of aryl methyl sites for hydroxylation is 1. The Balaban J connectivity index is 2.85. The average Bonchev–Trinajstić information content (AvgIpc) is 2.14. The molecule has 0 fully saturated rings. The van der Waals surface area contributed by atoms with Crippen LogP contribution in [0.3, 0.4) is 0 Å². The zero-order valence-corrected chi connectivity index (χ0v) is 5.13. The number of hydrogen-bond acceptors (Lipinski definition) is 2. The zero-order chi connectivity index (χ0) is 6.85. The SMILES string of the molecule is Cc1cc(B(O)O)c[nH]1. The molecular weight excluding hydrogens is 117 g/mol. The molecule has 1 aromatic rings. The minimum atomic E-state index is -1.35. The van der Waals surface area contributed by atoms with Gasteiger partial charge in [-0.2, -0.15) is 0 Å². The normalized spacial score (nSPS) is 9.67. The van der Waals surface area contributed by atoms with Crippen molar-refractivity contribution in [3.05, 3.63) is 18.0 Å². The van der Waals surface area contributed by atoms with Gasteiger partial charge >= 0.3 is 7.12 Å². The van der Waals surface area contributed by atoms with Crippen molar-refractivity contribution >= 4 is 12.6 Å². The minimum absolute atomic E-state index is 0.507. The second-order valence-electron chi connectivity index (χ2n) is 1.99. The molecule has 0 bridgehead atoms. The Hall–Kier alpha value is -0.735. The van der Waals surface area contributed by atoms with Crippen molar-refractivity contribution in [3.8, 4) is 0 Å². The highest BCUT2D eigenvalue weighted by Gasteiger charge is 2.10. The number of nitrogens with one attached hydrogen (secondary N) is 1. The van der Waals surface area contributed by atoms with Crippen molar-refractivity contribution in [3.63, 3.8) is 0 Å². The smallest absolute Gasteiger partial charge is 0.423 e. The monoisotopic (exact) mass is 125 g/mol. The molecule has 0 amide bonds. The number of rotatable bonds is 1. The molecule has 3 N–H and O–H groups in total. The summed E-state index contributed by atoms with van der Waals surface area (Å²) in [4.78, 5) is 2.83. The average molecular weight is 125 g/mol. The van der Waals surface area contributed by atoms with E-state index in [0.717, 1.165) is 5.69 Å². The Morgan fingerprint density at radius 1 is 1.56 bits per heavy atom. The summed E-state index contributed by atoms with van der Waals surface area (Å²) in [5.41, 5.74) is 1.44. The van der Waals surface area contributed by atoms with E-state index < -0.39 is 7.12 Å². The van der Waals surface area contributed by atoms with Gasteiger partial charge in [0.15, 0.2) is 0 Å². The molecule has 0 aromatic carbocycles. The van der Waals surface area contributed by atoms with Crippen LogP contribution in [0.1, 0.15) is 5.69 Å². The van der Waals surface area contributed by atoms with Crippen LogP contribution in [0.2, 0.25) is 0 Å². The van der Waals surface area contributed by atoms with E-state index in [1.807, 2.05) is 6.92 Å². The van der Waals surface area contributed by atoms with E-state index in [1.165, 1.54) is 0 Å². The lowest BCUT2D eigenvalue weighted by molar-refractivity contribution is 0.426. The Labute approximate surface area is 53.5 Å². The first-order valence-corrected chi connectivity index (χ1v) is 2.71. The molecule has 0 aliphatic heterocycles. The van der Waals surface area contributed by atoms with E-state index in [-0.39, 0.29) is 0 Å². The van der Waals surface area contributed by atoms with Gasteiger partial charge in [0, 0.05) is 11.9 Å². The van der Waals surface area contributed by atoms with Gasteiger partial charge in [0.05, 0.1) is 0 Å². The third-order valence-electron chi connectivity index (χ3n) is 1.15. The second-order valence-corrected chi connectivity index (χ2v) is 1.99. The first-order valence-electron chi connectivity index (χ1n) is 2.71. The molecule has 3 nitrogen and oxygen atoms in total. The van der Waals surface area contributed by atoms with Gasteiger partial charge in [-0.15, -0.1) is 0 Å². The molecule has 1 heterocycles. The number of hydrogen-bond donors (Lipinski definition) is 3. The lowest BCUT2D eigenvalue weighted by atomic mass is 9.83. The highest BCUT2D eigenvalue weighted by atomic mass is 16.4. The third-order valence-corrected chi connectivity index (χ3v) is 1.15. The molecule has 0 aliphatic carbocycles. The van der Waals surface area contributed by atoms with Gasteiger partial charge in [0.1, 0.15) is 0 Å². The third kappa shape index (κ3) is 1.34. The summed E-state index contributed by atoms with van der Waals surface area (Å²) in [6.07, 6.45) is 1.57. The molecular formula is C5H8BNO2. The standard InChI is InChI=1S/C5H8BNO2/c1-4-2-5(3-7-4)6(8)9/h2-3,7-9H,1H3. The van der Waals surface area contributed by atoms with Crippen molar-refractivity contribution < 1.29 is 10.0 Å². The minimum Gasteiger partial charge on any atom is -0.423 e. The maximum Gasteiger partial charge on any atom is 0.489 e. The van der Waals surface area contributed by atoms with Crippen LogP contribution in [0.25, 0.3) is 0 Å². The number of aromatic nitrogens is 1. The fourth-order valence-electron chi connectivity index (χ4n) is 0.680. The molecule has 9 heavy (non-hydrogen) atoms. The van der Waals surface area contributed by atoms with Crippen LogP contribution < -0.4 is 5.46 Å². The number of aromatic amines is 1. The van der Waals surface area contributed by atoms with Crippen molar-refractivity contribution in [1.29, 1.82) is 0 Å². The Morgan fingerprint density at radius 2 is 2.22 bits per heavy atom. The maximum atomic E-state index is 8.57.